The van der Waals surface area contributed by atoms with Crippen LogP contribution >= 0.6 is 0 Å². The molecule has 1 saturated carbocycles. The monoisotopic (exact) mass is 281 g/mol. The van der Waals surface area contributed by atoms with Gasteiger partial charge in [-0.05, 0) is 33.6 Å². The second kappa shape index (κ2) is 4.68. The van der Waals surface area contributed by atoms with E-state index in [1.54, 1.807) is 20.8 Å². The van der Waals surface area contributed by atoms with Crippen LogP contribution in [-0.4, -0.2) is 44.4 Å². The lowest BCUT2D eigenvalue weighted by Gasteiger charge is -2.27. The Balaban J connectivity index is 2.55. The van der Waals surface area contributed by atoms with Crippen LogP contribution in [0.5, 0.6) is 0 Å². The zero-order valence-electron chi connectivity index (χ0n) is 11.2. The molecule has 1 aliphatic carbocycles. The third kappa shape index (κ3) is 5.20. The van der Waals surface area contributed by atoms with E-state index in [0.717, 1.165) is 0 Å². The molecule has 0 saturated heterocycles. The first-order chi connectivity index (χ1) is 7.93. The lowest BCUT2D eigenvalue weighted by atomic mass is 10.1. The molecule has 0 aromatic heterocycles. The molecule has 0 heterocycles. The Kier molecular flexibility index (Phi) is 3.95. The maximum atomic E-state index is 12.7. The van der Waals surface area contributed by atoms with Crippen LogP contribution in [0, 0.1) is 5.41 Å². The average molecular weight is 281 g/mol. The van der Waals surface area contributed by atoms with Gasteiger partial charge in [-0.25, -0.2) is 4.79 Å². The number of halogens is 1. The summed E-state index contributed by atoms with van der Waals surface area (Å²) >= 11 is 0. The molecule has 5 nitrogen and oxygen atoms in total. The van der Waals surface area contributed by atoms with Gasteiger partial charge >= 0.3 is 16.3 Å². The molecule has 0 N–H and O–H groups in total. The topological polar surface area (TPSA) is 63.7 Å². The molecule has 0 spiro atoms. The van der Waals surface area contributed by atoms with Crippen molar-refractivity contribution in [2.45, 2.75) is 39.2 Å². The summed E-state index contributed by atoms with van der Waals surface area (Å²) in [7, 11) is -2.98. The number of rotatable bonds is 4. The Morgan fingerprint density at radius 1 is 1.39 bits per heavy atom. The van der Waals surface area contributed by atoms with E-state index in [1.807, 2.05) is 0 Å². The van der Waals surface area contributed by atoms with Crippen LogP contribution in [-0.2, 0) is 15.0 Å². The van der Waals surface area contributed by atoms with Gasteiger partial charge in [-0.2, -0.15) is 8.42 Å². The number of nitrogens with zero attached hydrogens (tertiary/aromatic N) is 1. The van der Waals surface area contributed by atoms with Crippen LogP contribution in [0.1, 0.15) is 33.6 Å². The van der Waals surface area contributed by atoms with E-state index >= 15 is 0 Å². The molecule has 0 aliphatic heterocycles. The summed E-state index contributed by atoms with van der Waals surface area (Å²) in [6.07, 6.45) is 0.706. The van der Waals surface area contributed by atoms with Crippen LogP contribution in [0.15, 0.2) is 0 Å². The van der Waals surface area contributed by atoms with E-state index in [2.05, 4.69) is 0 Å². The predicted molar refractivity (Wildman–Crippen MR) is 65.4 cm³/mol. The van der Waals surface area contributed by atoms with E-state index < -0.39 is 33.1 Å². The van der Waals surface area contributed by atoms with Gasteiger partial charge in [0.25, 0.3) is 0 Å². The first-order valence-electron chi connectivity index (χ1n) is 5.79. The second-order valence-electron chi connectivity index (χ2n) is 6.02. The minimum atomic E-state index is -4.50. The summed E-state index contributed by atoms with van der Waals surface area (Å²) in [5.41, 5.74) is -1.23. The zero-order valence-corrected chi connectivity index (χ0v) is 12.0. The molecule has 0 bridgehead atoms. The maximum Gasteiger partial charge on any atom is 0.410 e. The van der Waals surface area contributed by atoms with E-state index in [9.17, 15) is 17.1 Å². The largest absolute Gasteiger partial charge is 0.444 e. The Hall–Kier alpha value is -0.850. The highest BCUT2D eigenvalue weighted by atomic mass is 32.3. The van der Waals surface area contributed by atoms with Crippen LogP contribution in [0.4, 0.5) is 8.68 Å². The van der Waals surface area contributed by atoms with Crippen molar-refractivity contribution in [2.75, 3.05) is 19.3 Å². The van der Waals surface area contributed by atoms with E-state index in [0.29, 0.717) is 12.8 Å². The number of hydrogen-bond acceptors (Lipinski definition) is 4. The maximum absolute atomic E-state index is 12.7. The van der Waals surface area contributed by atoms with Crippen LogP contribution in [0.2, 0.25) is 0 Å². The molecule has 0 aromatic carbocycles. The molecule has 0 unspecified atom stereocenters. The minimum Gasteiger partial charge on any atom is -0.444 e. The van der Waals surface area contributed by atoms with Gasteiger partial charge in [-0.3, -0.25) is 0 Å². The molecule has 1 amide bonds. The smallest absolute Gasteiger partial charge is 0.410 e. The van der Waals surface area contributed by atoms with Crippen molar-refractivity contribution >= 4 is 16.3 Å². The van der Waals surface area contributed by atoms with Gasteiger partial charge in [0.15, 0.2) is 0 Å². The molecule has 7 heteroatoms. The lowest BCUT2D eigenvalue weighted by molar-refractivity contribution is 0.0269. The number of carbonyl (C=O) groups excluding carboxylic acids is 1. The quantitative estimate of drug-likeness (QED) is 0.739. The molecule has 1 fully saturated rings. The van der Waals surface area contributed by atoms with Gasteiger partial charge < -0.3 is 9.64 Å². The predicted octanol–water partition coefficient (Wildman–Crippen LogP) is 1.93. The fourth-order valence-corrected chi connectivity index (χ4v) is 2.91. The average Bonchev–Trinajstić information content (AvgIpc) is 2.77. The van der Waals surface area contributed by atoms with Crippen LogP contribution in [0.3, 0.4) is 0 Å². The van der Waals surface area contributed by atoms with Crippen LogP contribution < -0.4 is 0 Å². The normalized spacial score (nSPS) is 18.3. The Bertz CT molecular complexity index is 423. The standard InChI is InChI=1S/C11H20FNO4S/c1-10(2,3)17-9(14)13(4)7-11(5-6-11)8-18(12,15)16/h5-8H2,1-4H3. The van der Waals surface area contributed by atoms with E-state index in [1.165, 1.54) is 11.9 Å². The molecular formula is C11H20FNO4S. The molecule has 18 heavy (non-hydrogen) atoms. The highest BCUT2D eigenvalue weighted by molar-refractivity contribution is 7.86. The molecule has 0 atom stereocenters. The fraction of sp³-hybridized carbons (Fsp3) is 0.909. The van der Waals surface area contributed by atoms with Gasteiger partial charge in [-0.1, -0.05) is 0 Å². The number of amides is 1. The van der Waals surface area contributed by atoms with Gasteiger partial charge in [-0.15, -0.1) is 3.89 Å². The lowest BCUT2D eigenvalue weighted by Crippen LogP contribution is -2.38. The second-order valence-corrected chi connectivity index (χ2v) is 7.39. The summed E-state index contributed by atoms with van der Waals surface area (Å²) in [5, 5.41) is 0. The fourth-order valence-electron chi connectivity index (χ4n) is 1.80. The third-order valence-corrected chi connectivity index (χ3v) is 3.67. The van der Waals surface area contributed by atoms with Crippen molar-refractivity contribution in [1.29, 1.82) is 0 Å². The number of ether oxygens (including phenoxy) is 1. The van der Waals surface area contributed by atoms with Crippen molar-refractivity contribution in [3.63, 3.8) is 0 Å². The van der Waals surface area contributed by atoms with Crippen molar-refractivity contribution in [2.24, 2.45) is 5.41 Å². The summed E-state index contributed by atoms with van der Waals surface area (Å²) in [6, 6.07) is 0. The molecule has 0 radical (unpaired) electrons. The highest BCUT2D eigenvalue weighted by Gasteiger charge is 2.48. The summed E-state index contributed by atoms with van der Waals surface area (Å²) in [6.45, 7) is 5.44. The van der Waals surface area contributed by atoms with Crippen molar-refractivity contribution in [3.8, 4) is 0 Å². The Morgan fingerprint density at radius 2 is 1.89 bits per heavy atom. The molecule has 0 aromatic rings. The first kappa shape index (κ1) is 15.2. The highest BCUT2D eigenvalue weighted by Crippen LogP contribution is 2.47. The van der Waals surface area contributed by atoms with Gasteiger partial charge in [0.2, 0.25) is 0 Å². The zero-order chi connectivity index (χ0) is 14.2. The Labute approximate surface area is 108 Å². The Morgan fingerprint density at radius 3 is 2.22 bits per heavy atom. The summed E-state index contributed by atoms with van der Waals surface area (Å²) in [4.78, 5) is 13.0. The summed E-state index contributed by atoms with van der Waals surface area (Å²) < 4.78 is 39.2. The van der Waals surface area contributed by atoms with E-state index in [-0.39, 0.29) is 6.54 Å². The minimum absolute atomic E-state index is 0.199. The summed E-state index contributed by atoms with van der Waals surface area (Å²) in [5.74, 6) is -0.521. The van der Waals surface area contributed by atoms with Gasteiger partial charge in [0.05, 0.1) is 5.75 Å². The first-order valence-corrected chi connectivity index (χ1v) is 7.34. The molecule has 106 valence electrons. The third-order valence-electron chi connectivity index (χ3n) is 2.71. The molecular weight excluding hydrogens is 261 g/mol. The number of hydrogen-bond donors (Lipinski definition) is 0. The van der Waals surface area contributed by atoms with Crippen molar-refractivity contribution in [1.82, 2.24) is 4.90 Å². The molecule has 1 rings (SSSR count). The van der Waals surface area contributed by atoms with Crippen molar-refractivity contribution in [3.05, 3.63) is 0 Å². The van der Waals surface area contributed by atoms with Crippen LogP contribution in [0.25, 0.3) is 0 Å². The van der Waals surface area contributed by atoms with E-state index in [4.69, 9.17) is 4.74 Å². The van der Waals surface area contributed by atoms with Crippen molar-refractivity contribution < 1.29 is 21.8 Å². The van der Waals surface area contributed by atoms with Gasteiger partial charge in [0.1, 0.15) is 5.60 Å². The van der Waals surface area contributed by atoms with Gasteiger partial charge in [0, 0.05) is 19.0 Å². The SMILES string of the molecule is CN(CC1(CS(=O)(=O)F)CC1)C(=O)OC(C)(C)C. The molecule has 1 aliphatic rings. The number of carbonyl (C=O) groups is 1.